The predicted molar refractivity (Wildman–Crippen MR) is 128 cm³/mol. The molecule has 2 heterocycles. The molecule has 0 aliphatic carbocycles. The molecule has 5 nitrogen and oxygen atoms in total. The van der Waals surface area contributed by atoms with E-state index in [-0.39, 0.29) is 24.0 Å². The van der Waals surface area contributed by atoms with Crippen LogP contribution in [0.25, 0.3) is 11.1 Å². The van der Waals surface area contributed by atoms with Crippen LogP contribution in [0.4, 0.5) is 14.5 Å². The van der Waals surface area contributed by atoms with Crippen LogP contribution < -0.4 is 11.1 Å². The molecule has 2 aliphatic heterocycles. The minimum absolute atomic E-state index is 0.0784. The number of carbonyl (C=O) groups is 1. The maximum absolute atomic E-state index is 14.4. The number of rotatable bonds is 4. The number of hydrogen-bond donors (Lipinski definition) is 3. The molecular formula is C28H19F2N3O2. The fourth-order valence-electron chi connectivity index (χ4n) is 4.85. The van der Waals surface area contributed by atoms with Gasteiger partial charge in [0.05, 0.1) is 0 Å². The quantitative estimate of drug-likeness (QED) is 0.266. The van der Waals surface area contributed by atoms with E-state index in [1.54, 1.807) is 30.3 Å². The van der Waals surface area contributed by atoms with Crippen molar-refractivity contribution in [3.8, 4) is 11.1 Å². The normalized spacial score (nSPS) is 17.1. The monoisotopic (exact) mass is 467 g/mol. The first-order chi connectivity index (χ1) is 16.9. The number of amides is 1. The fraction of sp³-hybridized carbons (Fsp3) is 0.0714. The van der Waals surface area contributed by atoms with E-state index in [2.05, 4.69) is 5.32 Å². The third-order valence-corrected chi connectivity index (χ3v) is 6.51. The number of halogens is 2. The van der Waals surface area contributed by atoms with E-state index < -0.39 is 11.6 Å². The predicted octanol–water partition coefficient (Wildman–Crippen LogP) is 5.69. The van der Waals surface area contributed by atoms with Crippen LogP contribution in [0.5, 0.6) is 0 Å². The van der Waals surface area contributed by atoms with Gasteiger partial charge in [-0.3, -0.25) is 10.2 Å². The summed E-state index contributed by atoms with van der Waals surface area (Å²) in [6.07, 6.45) is -0.622. The summed E-state index contributed by atoms with van der Waals surface area (Å²) in [5.41, 5.74) is 11.8. The molecule has 0 saturated heterocycles. The van der Waals surface area contributed by atoms with Crippen LogP contribution in [-0.4, -0.2) is 11.7 Å². The van der Waals surface area contributed by atoms with Crippen LogP contribution in [0.1, 0.15) is 50.4 Å². The largest absolute Gasteiger partial charge is 0.384 e. The zero-order valence-corrected chi connectivity index (χ0v) is 18.3. The number of ether oxygens (including phenoxy) is 1. The van der Waals surface area contributed by atoms with E-state index in [1.165, 1.54) is 12.1 Å². The fourth-order valence-corrected chi connectivity index (χ4v) is 4.85. The lowest BCUT2D eigenvalue weighted by molar-refractivity contribution is 0.0857. The van der Waals surface area contributed by atoms with E-state index in [0.717, 1.165) is 28.3 Å². The van der Waals surface area contributed by atoms with Crippen molar-refractivity contribution in [2.75, 3.05) is 5.32 Å². The summed E-state index contributed by atoms with van der Waals surface area (Å²) in [6, 6.07) is 21.4. The van der Waals surface area contributed by atoms with E-state index in [4.69, 9.17) is 15.9 Å². The average Bonchev–Trinajstić information content (AvgIpc) is 3.41. The highest BCUT2D eigenvalue weighted by Gasteiger charge is 2.43. The lowest BCUT2D eigenvalue weighted by Gasteiger charge is -2.18. The molecule has 2 aliphatic rings. The lowest BCUT2D eigenvalue weighted by Crippen LogP contribution is -2.15. The van der Waals surface area contributed by atoms with E-state index in [1.807, 2.05) is 30.3 Å². The van der Waals surface area contributed by atoms with Gasteiger partial charge in [-0.15, -0.1) is 0 Å². The Bertz CT molecular complexity index is 1550. The topological polar surface area (TPSA) is 88.2 Å². The van der Waals surface area contributed by atoms with Crippen LogP contribution in [-0.2, 0) is 4.74 Å². The van der Waals surface area contributed by atoms with Gasteiger partial charge in [0.2, 0.25) is 0 Å². The standard InChI is InChI=1S/C28H19F2N3O2/c29-17-6-9-19(24(30)13-17)14-4-7-20-22(11-14)26-23-12-16(5-8-21(23)25(20)35-26)28(34)33-18-3-1-2-15(10-18)27(31)32/h1-13,25-26H,(H3,31,32)(H,33,34). The Kier molecular flexibility index (Phi) is 4.76. The highest BCUT2D eigenvalue weighted by Crippen LogP contribution is 2.54. The summed E-state index contributed by atoms with van der Waals surface area (Å²) < 4.78 is 34.0. The number of nitrogen functional groups attached to an aromatic ring is 1. The van der Waals surface area contributed by atoms with Gasteiger partial charge in [-0.2, -0.15) is 0 Å². The van der Waals surface area contributed by atoms with Crippen molar-refractivity contribution >= 4 is 17.4 Å². The van der Waals surface area contributed by atoms with Crippen molar-refractivity contribution in [2.45, 2.75) is 12.2 Å². The Labute approximate surface area is 199 Å². The van der Waals surface area contributed by atoms with Crippen molar-refractivity contribution in [1.82, 2.24) is 0 Å². The first-order valence-corrected chi connectivity index (χ1v) is 11.0. The molecule has 4 N–H and O–H groups in total. The van der Waals surface area contributed by atoms with Gasteiger partial charge in [0, 0.05) is 28.4 Å². The van der Waals surface area contributed by atoms with Crippen molar-refractivity contribution < 1.29 is 18.3 Å². The lowest BCUT2D eigenvalue weighted by atomic mass is 9.83. The van der Waals surface area contributed by atoms with Crippen LogP contribution >= 0.6 is 0 Å². The second kappa shape index (κ2) is 7.85. The van der Waals surface area contributed by atoms with Crippen LogP contribution in [0.2, 0.25) is 0 Å². The van der Waals surface area contributed by atoms with E-state index in [9.17, 15) is 13.6 Å². The Balaban J connectivity index is 1.31. The minimum Gasteiger partial charge on any atom is -0.384 e. The second-order valence-electron chi connectivity index (χ2n) is 8.66. The van der Waals surface area contributed by atoms with Crippen molar-refractivity contribution in [1.29, 1.82) is 5.41 Å². The number of anilines is 1. The average molecular weight is 467 g/mol. The summed E-state index contributed by atoms with van der Waals surface area (Å²) in [6.45, 7) is 0. The number of fused-ring (bicyclic) bond motifs is 8. The van der Waals surface area contributed by atoms with Gasteiger partial charge in [-0.1, -0.05) is 30.3 Å². The number of hydrogen-bond acceptors (Lipinski definition) is 3. The number of amidine groups is 1. The number of carbonyl (C=O) groups excluding carboxylic acids is 1. The summed E-state index contributed by atoms with van der Waals surface area (Å²) in [5.74, 6) is -1.62. The van der Waals surface area contributed by atoms with Gasteiger partial charge in [0.25, 0.3) is 5.91 Å². The van der Waals surface area contributed by atoms with Gasteiger partial charge in [-0.05, 0) is 70.3 Å². The molecule has 0 aromatic heterocycles. The van der Waals surface area contributed by atoms with Gasteiger partial charge >= 0.3 is 0 Å². The molecule has 2 atom stereocenters. The summed E-state index contributed by atoms with van der Waals surface area (Å²) in [5, 5.41) is 10.4. The molecule has 4 aromatic carbocycles. The highest BCUT2D eigenvalue weighted by atomic mass is 19.1. The minimum atomic E-state index is -0.623. The molecule has 0 saturated carbocycles. The van der Waals surface area contributed by atoms with Crippen LogP contribution in [0.3, 0.4) is 0 Å². The molecule has 0 fully saturated rings. The SMILES string of the molecule is N=C(N)c1cccc(NC(=O)c2ccc3c(c2)C2OC3c3ccc(-c4ccc(F)cc4F)cc32)c1. The van der Waals surface area contributed by atoms with Gasteiger partial charge in [0.15, 0.2) is 0 Å². The second-order valence-corrected chi connectivity index (χ2v) is 8.66. The number of nitrogens with two attached hydrogens (primary N) is 1. The maximum Gasteiger partial charge on any atom is 0.255 e. The smallest absolute Gasteiger partial charge is 0.255 e. The molecule has 7 heteroatoms. The zero-order chi connectivity index (χ0) is 24.3. The molecule has 6 rings (SSSR count). The Morgan fingerprint density at radius 2 is 1.57 bits per heavy atom. The van der Waals surface area contributed by atoms with Crippen LogP contribution in [0, 0.1) is 17.0 Å². The summed E-state index contributed by atoms with van der Waals surface area (Å²) in [4.78, 5) is 12.9. The first kappa shape index (κ1) is 21.2. The van der Waals surface area contributed by atoms with Crippen LogP contribution in [0.15, 0.2) is 78.9 Å². The molecule has 4 aromatic rings. The van der Waals surface area contributed by atoms with Crippen molar-refractivity contribution in [3.63, 3.8) is 0 Å². The third kappa shape index (κ3) is 3.48. The summed E-state index contributed by atoms with van der Waals surface area (Å²) in [7, 11) is 0. The maximum atomic E-state index is 14.4. The molecule has 0 radical (unpaired) electrons. The Hall–Kier alpha value is -4.36. The number of benzene rings is 4. The molecule has 2 unspecified atom stereocenters. The zero-order valence-electron chi connectivity index (χ0n) is 18.3. The number of nitrogens with one attached hydrogen (secondary N) is 2. The first-order valence-electron chi connectivity index (χ1n) is 11.0. The van der Waals surface area contributed by atoms with E-state index >= 15 is 0 Å². The molecule has 0 spiro atoms. The third-order valence-electron chi connectivity index (χ3n) is 6.51. The van der Waals surface area contributed by atoms with Gasteiger partial charge in [0.1, 0.15) is 29.7 Å². The van der Waals surface area contributed by atoms with Gasteiger partial charge in [-0.25, -0.2) is 8.78 Å². The molecule has 172 valence electrons. The summed E-state index contributed by atoms with van der Waals surface area (Å²) >= 11 is 0. The van der Waals surface area contributed by atoms with Gasteiger partial charge < -0.3 is 15.8 Å². The molecule has 2 bridgehead atoms. The van der Waals surface area contributed by atoms with Crippen molar-refractivity contribution in [2.24, 2.45) is 5.73 Å². The highest BCUT2D eigenvalue weighted by molar-refractivity contribution is 6.05. The molecular weight excluding hydrogens is 448 g/mol. The van der Waals surface area contributed by atoms with Crippen molar-refractivity contribution in [3.05, 3.63) is 124 Å². The Morgan fingerprint density at radius 3 is 2.34 bits per heavy atom. The molecule has 35 heavy (non-hydrogen) atoms. The van der Waals surface area contributed by atoms with E-state index in [0.29, 0.717) is 27.9 Å². The Morgan fingerprint density at radius 1 is 0.829 bits per heavy atom. The molecule has 1 amide bonds.